The SMILES string of the molecule is CC(=O)SC(CN([O-])O)c1ccc2c(c1)OCO2. The van der Waals surface area contributed by atoms with E-state index in [1.165, 1.54) is 6.92 Å². The number of ether oxygens (including phenoxy) is 2. The number of carbonyl (C=O) groups is 1. The molecule has 18 heavy (non-hydrogen) atoms. The van der Waals surface area contributed by atoms with Crippen molar-refractivity contribution in [1.29, 1.82) is 0 Å². The van der Waals surface area contributed by atoms with Gasteiger partial charge in [-0.2, -0.15) is 0 Å². The Bertz CT molecular complexity index is 451. The first kappa shape index (κ1) is 13.2. The third-order valence-electron chi connectivity index (χ3n) is 2.40. The Kier molecular flexibility index (Phi) is 4.07. The fraction of sp³-hybridized carbons (Fsp3) is 0.364. The number of benzene rings is 1. The summed E-state index contributed by atoms with van der Waals surface area (Å²) < 4.78 is 10.4. The molecule has 0 saturated carbocycles. The third kappa shape index (κ3) is 3.14. The monoisotopic (exact) mass is 270 g/mol. The smallest absolute Gasteiger partial charge is 0.231 e. The van der Waals surface area contributed by atoms with E-state index in [2.05, 4.69) is 0 Å². The molecule has 7 heteroatoms. The number of carbonyl (C=O) groups excluding carboxylic acids is 1. The Labute approximate surface area is 108 Å². The Morgan fingerprint density at radius 2 is 2.28 bits per heavy atom. The quantitative estimate of drug-likeness (QED) is 0.837. The van der Waals surface area contributed by atoms with E-state index in [0.717, 1.165) is 17.3 Å². The summed E-state index contributed by atoms with van der Waals surface area (Å²) in [4.78, 5) is 11.1. The lowest BCUT2D eigenvalue weighted by atomic mass is 10.1. The molecule has 0 aromatic heterocycles. The molecule has 0 amide bonds. The van der Waals surface area contributed by atoms with Gasteiger partial charge in [0, 0.05) is 13.5 Å². The zero-order valence-corrected chi connectivity index (χ0v) is 10.5. The largest absolute Gasteiger partial charge is 0.762 e. The van der Waals surface area contributed by atoms with Gasteiger partial charge in [-0.25, -0.2) is 0 Å². The van der Waals surface area contributed by atoms with Gasteiger partial charge in [0.05, 0.1) is 5.25 Å². The molecular formula is C11H12NO5S-. The number of hydroxylamine groups is 2. The second-order valence-electron chi connectivity index (χ2n) is 3.75. The van der Waals surface area contributed by atoms with E-state index in [-0.39, 0.29) is 23.7 Å². The topological polar surface area (TPSA) is 82.1 Å². The fourth-order valence-corrected chi connectivity index (χ4v) is 2.55. The number of nitrogens with zero attached hydrogens (tertiary/aromatic N) is 1. The van der Waals surface area contributed by atoms with Crippen LogP contribution < -0.4 is 9.47 Å². The second-order valence-corrected chi connectivity index (χ2v) is 5.13. The van der Waals surface area contributed by atoms with Crippen LogP contribution >= 0.6 is 11.8 Å². The van der Waals surface area contributed by atoms with Gasteiger partial charge in [-0.15, -0.1) is 0 Å². The van der Waals surface area contributed by atoms with Crippen LogP contribution in [0.5, 0.6) is 11.5 Å². The van der Waals surface area contributed by atoms with Gasteiger partial charge < -0.3 is 19.9 Å². The summed E-state index contributed by atoms with van der Waals surface area (Å²) in [6.07, 6.45) is 0. The first-order chi connectivity index (χ1) is 8.56. The summed E-state index contributed by atoms with van der Waals surface area (Å²) in [5.41, 5.74) is 0.731. The van der Waals surface area contributed by atoms with Crippen LogP contribution in [0.25, 0.3) is 0 Å². The van der Waals surface area contributed by atoms with Crippen molar-refractivity contribution in [2.24, 2.45) is 0 Å². The molecule has 1 aromatic rings. The van der Waals surface area contributed by atoms with Crippen LogP contribution in [0.4, 0.5) is 0 Å². The van der Waals surface area contributed by atoms with Crippen LogP contribution in [0.1, 0.15) is 17.7 Å². The number of fused-ring (bicyclic) bond motifs is 1. The Hall–Kier alpha value is -1.28. The van der Waals surface area contributed by atoms with Crippen LogP contribution in [0, 0.1) is 5.21 Å². The van der Waals surface area contributed by atoms with Gasteiger partial charge in [-0.1, -0.05) is 17.8 Å². The average Bonchev–Trinajstić information content (AvgIpc) is 2.73. The molecule has 0 aliphatic carbocycles. The van der Waals surface area contributed by atoms with Gasteiger partial charge in [0.15, 0.2) is 16.6 Å². The lowest BCUT2D eigenvalue weighted by Crippen LogP contribution is -2.18. The Balaban J connectivity index is 2.21. The van der Waals surface area contributed by atoms with Crippen LogP contribution in [-0.2, 0) is 4.79 Å². The molecule has 6 nitrogen and oxygen atoms in total. The lowest BCUT2D eigenvalue weighted by Gasteiger charge is -2.25. The van der Waals surface area contributed by atoms with Gasteiger partial charge >= 0.3 is 0 Å². The van der Waals surface area contributed by atoms with Crippen LogP contribution in [-0.4, -0.2) is 28.9 Å². The van der Waals surface area contributed by atoms with E-state index in [1.807, 2.05) is 0 Å². The van der Waals surface area contributed by atoms with Gasteiger partial charge in [0.1, 0.15) is 0 Å². The standard InChI is InChI=1S/C11H12NO5S/c1-7(13)18-11(5-12(14)15)8-2-3-9-10(4-8)17-6-16-9/h2-4,11,14H,5-6H2,1H3/q-1. The van der Waals surface area contributed by atoms with E-state index < -0.39 is 5.25 Å². The minimum Gasteiger partial charge on any atom is -0.762 e. The zero-order chi connectivity index (χ0) is 13.1. The maximum atomic E-state index is 11.1. The summed E-state index contributed by atoms with van der Waals surface area (Å²) in [5, 5.41) is 18.8. The molecule has 2 rings (SSSR count). The van der Waals surface area contributed by atoms with Gasteiger partial charge in [-0.3, -0.25) is 10.0 Å². The highest BCUT2D eigenvalue weighted by Gasteiger charge is 2.20. The Morgan fingerprint density at radius 1 is 1.56 bits per heavy atom. The summed E-state index contributed by atoms with van der Waals surface area (Å²) in [6.45, 7) is 1.39. The molecule has 1 aromatic carbocycles. The van der Waals surface area contributed by atoms with Gasteiger partial charge in [0.25, 0.3) is 0 Å². The highest BCUT2D eigenvalue weighted by Crippen LogP contribution is 2.38. The predicted octanol–water partition coefficient (Wildman–Crippen LogP) is 1.93. The van der Waals surface area contributed by atoms with E-state index in [0.29, 0.717) is 11.5 Å². The molecule has 1 aliphatic rings. The molecule has 0 bridgehead atoms. The van der Waals surface area contributed by atoms with E-state index in [4.69, 9.17) is 14.7 Å². The van der Waals surface area contributed by atoms with Crippen molar-refractivity contribution in [3.63, 3.8) is 0 Å². The van der Waals surface area contributed by atoms with Crippen molar-refractivity contribution < 1.29 is 19.5 Å². The Morgan fingerprint density at radius 3 is 2.94 bits per heavy atom. The minimum absolute atomic E-state index is 0.125. The van der Waals surface area contributed by atoms with Crippen molar-refractivity contribution in [2.75, 3.05) is 13.3 Å². The summed E-state index contributed by atoms with van der Waals surface area (Å²) in [5.74, 6) is 1.21. The average molecular weight is 270 g/mol. The number of thioether (sulfide) groups is 1. The summed E-state index contributed by atoms with van der Waals surface area (Å²) in [7, 11) is 0. The molecule has 1 aliphatic heterocycles. The molecule has 98 valence electrons. The second kappa shape index (κ2) is 5.57. The molecule has 1 heterocycles. The van der Waals surface area contributed by atoms with E-state index in [1.54, 1.807) is 18.2 Å². The van der Waals surface area contributed by atoms with Crippen molar-refractivity contribution in [1.82, 2.24) is 5.23 Å². The fourth-order valence-electron chi connectivity index (χ4n) is 1.67. The van der Waals surface area contributed by atoms with Crippen LogP contribution in [0.2, 0.25) is 0 Å². The van der Waals surface area contributed by atoms with Crippen molar-refractivity contribution >= 4 is 16.9 Å². The van der Waals surface area contributed by atoms with E-state index in [9.17, 15) is 10.0 Å². The zero-order valence-electron chi connectivity index (χ0n) is 9.66. The molecule has 0 saturated heterocycles. The highest BCUT2D eigenvalue weighted by atomic mass is 32.2. The third-order valence-corrected chi connectivity index (χ3v) is 3.44. The van der Waals surface area contributed by atoms with Gasteiger partial charge in [-0.05, 0) is 17.7 Å². The maximum absolute atomic E-state index is 11.1. The highest BCUT2D eigenvalue weighted by molar-refractivity contribution is 8.13. The lowest BCUT2D eigenvalue weighted by molar-refractivity contribution is -0.109. The van der Waals surface area contributed by atoms with Crippen LogP contribution in [0.15, 0.2) is 18.2 Å². The minimum atomic E-state index is -0.445. The molecule has 0 fully saturated rings. The first-order valence-electron chi connectivity index (χ1n) is 5.26. The number of hydrogen-bond donors (Lipinski definition) is 1. The first-order valence-corrected chi connectivity index (χ1v) is 6.14. The summed E-state index contributed by atoms with van der Waals surface area (Å²) >= 11 is 0.990. The molecule has 0 spiro atoms. The van der Waals surface area contributed by atoms with E-state index >= 15 is 0 Å². The molecule has 0 radical (unpaired) electrons. The molecule has 1 atom stereocenters. The van der Waals surface area contributed by atoms with Crippen molar-refractivity contribution in [3.05, 3.63) is 29.0 Å². The van der Waals surface area contributed by atoms with Crippen molar-refractivity contribution in [3.8, 4) is 11.5 Å². The molecular weight excluding hydrogens is 258 g/mol. The maximum Gasteiger partial charge on any atom is 0.231 e. The molecule has 1 unspecified atom stereocenters. The van der Waals surface area contributed by atoms with Crippen LogP contribution in [0.3, 0.4) is 0 Å². The predicted molar refractivity (Wildman–Crippen MR) is 65.4 cm³/mol. The van der Waals surface area contributed by atoms with Gasteiger partial charge in [0.2, 0.25) is 6.79 Å². The number of hydrogen-bond acceptors (Lipinski definition) is 7. The normalized spacial score (nSPS) is 14.9. The number of rotatable bonds is 4. The molecule has 1 N–H and O–H groups in total. The van der Waals surface area contributed by atoms with Crippen molar-refractivity contribution in [2.45, 2.75) is 12.2 Å². The summed E-state index contributed by atoms with van der Waals surface area (Å²) in [6, 6.07) is 5.18.